The van der Waals surface area contributed by atoms with Crippen LogP contribution in [-0.4, -0.2) is 6.36 Å². The molecule has 0 radical (unpaired) electrons. The normalized spacial score (nSPS) is 11.2. The van der Waals surface area contributed by atoms with Crippen LogP contribution < -0.4 is 4.74 Å². The van der Waals surface area contributed by atoms with E-state index >= 15 is 0 Å². The van der Waals surface area contributed by atoms with Crippen LogP contribution in [0.4, 0.5) is 13.2 Å². The molecular formula is C15H10BrF3O. The number of hydrogen-bond acceptors (Lipinski definition) is 1. The molecule has 0 aliphatic rings. The first-order valence-corrected chi connectivity index (χ1v) is 6.46. The quantitative estimate of drug-likeness (QED) is 0.699. The Morgan fingerprint density at radius 3 is 2.45 bits per heavy atom. The molecule has 0 unspecified atom stereocenters. The molecule has 2 aromatic carbocycles. The molecule has 0 amide bonds. The maximum Gasteiger partial charge on any atom is 0.573 e. The zero-order valence-electron chi connectivity index (χ0n) is 10.2. The van der Waals surface area contributed by atoms with E-state index in [2.05, 4.69) is 27.2 Å². The summed E-state index contributed by atoms with van der Waals surface area (Å²) in [6.45, 7) is 3.66. The van der Waals surface area contributed by atoms with Crippen LogP contribution >= 0.6 is 15.9 Å². The minimum atomic E-state index is -4.72. The highest BCUT2D eigenvalue weighted by atomic mass is 79.9. The van der Waals surface area contributed by atoms with Gasteiger partial charge in [-0.05, 0) is 35.4 Å². The van der Waals surface area contributed by atoms with Gasteiger partial charge in [0.05, 0.1) is 0 Å². The third-order valence-electron chi connectivity index (χ3n) is 2.58. The van der Waals surface area contributed by atoms with E-state index in [-0.39, 0.29) is 5.75 Å². The molecule has 0 saturated carbocycles. The summed E-state index contributed by atoms with van der Waals surface area (Å²) in [5.41, 5.74) is 1.79. The van der Waals surface area contributed by atoms with Crippen molar-refractivity contribution in [1.29, 1.82) is 0 Å². The second-order valence-electron chi connectivity index (χ2n) is 4.02. The predicted octanol–water partition coefficient (Wildman–Crippen LogP) is 5.66. The summed E-state index contributed by atoms with van der Waals surface area (Å²) in [4.78, 5) is 0. The Balaban J connectivity index is 2.52. The lowest BCUT2D eigenvalue weighted by molar-refractivity contribution is -0.274. The molecular weight excluding hydrogens is 333 g/mol. The van der Waals surface area contributed by atoms with Crippen molar-refractivity contribution in [3.8, 4) is 16.9 Å². The van der Waals surface area contributed by atoms with Crippen LogP contribution in [0.2, 0.25) is 0 Å². The van der Waals surface area contributed by atoms with Gasteiger partial charge in [-0.3, -0.25) is 0 Å². The molecule has 0 aromatic heterocycles. The van der Waals surface area contributed by atoms with Gasteiger partial charge in [-0.15, -0.1) is 13.2 Å². The molecule has 104 valence electrons. The minimum absolute atomic E-state index is 0.229. The summed E-state index contributed by atoms with van der Waals surface area (Å²) in [5.74, 6) is -0.229. The summed E-state index contributed by atoms with van der Waals surface area (Å²) >= 11 is 3.33. The molecule has 2 rings (SSSR count). The lowest BCUT2D eigenvalue weighted by atomic mass is 10.0. The second-order valence-corrected chi connectivity index (χ2v) is 4.94. The van der Waals surface area contributed by atoms with Crippen LogP contribution in [0.1, 0.15) is 5.56 Å². The van der Waals surface area contributed by atoms with Crippen LogP contribution in [-0.2, 0) is 0 Å². The lowest BCUT2D eigenvalue weighted by Gasteiger charge is -2.14. The Labute approximate surface area is 122 Å². The molecule has 0 aliphatic heterocycles. The molecule has 0 atom stereocenters. The van der Waals surface area contributed by atoms with Crippen LogP contribution in [0, 0.1) is 0 Å². The number of rotatable bonds is 3. The van der Waals surface area contributed by atoms with Gasteiger partial charge in [-0.25, -0.2) is 0 Å². The van der Waals surface area contributed by atoms with Gasteiger partial charge in [-0.1, -0.05) is 46.8 Å². The van der Waals surface area contributed by atoms with Crippen LogP contribution in [0.5, 0.6) is 5.75 Å². The number of para-hydroxylation sites is 1. The van der Waals surface area contributed by atoms with Gasteiger partial charge in [0.15, 0.2) is 0 Å². The van der Waals surface area contributed by atoms with Gasteiger partial charge >= 0.3 is 6.36 Å². The maximum atomic E-state index is 12.4. The Morgan fingerprint density at radius 2 is 1.80 bits per heavy atom. The van der Waals surface area contributed by atoms with E-state index in [9.17, 15) is 13.2 Å². The van der Waals surface area contributed by atoms with Crippen molar-refractivity contribution < 1.29 is 17.9 Å². The zero-order valence-corrected chi connectivity index (χ0v) is 11.8. The Hall–Kier alpha value is -1.75. The molecule has 1 nitrogen and oxygen atoms in total. The molecule has 2 aromatic rings. The predicted molar refractivity (Wildman–Crippen MR) is 76.4 cm³/mol. The van der Waals surface area contributed by atoms with E-state index in [4.69, 9.17) is 0 Å². The van der Waals surface area contributed by atoms with Crippen molar-refractivity contribution >= 4 is 22.0 Å². The average Bonchev–Trinajstić information content (AvgIpc) is 2.36. The van der Waals surface area contributed by atoms with Crippen molar-refractivity contribution in [2.24, 2.45) is 0 Å². The maximum absolute atomic E-state index is 12.4. The van der Waals surface area contributed by atoms with Gasteiger partial charge in [0, 0.05) is 10.0 Å². The summed E-state index contributed by atoms with van der Waals surface area (Å²) in [5, 5.41) is 0. The van der Waals surface area contributed by atoms with Crippen LogP contribution in [0.25, 0.3) is 17.2 Å². The monoisotopic (exact) mass is 342 g/mol. The Bertz CT molecular complexity index is 635. The van der Waals surface area contributed by atoms with Gasteiger partial charge in [0.2, 0.25) is 0 Å². The first-order valence-electron chi connectivity index (χ1n) is 5.67. The smallest absolute Gasteiger partial charge is 0.405 e. The fraction of sp³-hybridized carbons (Fsp3) is 0.0667. The SMILES string of the molecule is C=Cc1cc(Br)cc(-c2ccccc2OC(F)(F)F)c1. The number of benzene rings is 2. The Kier molecular flexibility index (Phi) is 4.18. The highest BCUT2D eigenvalue weighted by Crippen LogP contribution is 2.35. The summed E-state index contributed by atoms with van der Waals surface area (Å²) in [6, 6.07) is 11.3. The van der Waals surface area contributed by atoms with Crippen molar-refractivity contribution in [2.45, 2.75) is 6.36 Å². The molecule has 0 N–H and O–H groups in total. The fourth-order valence-electron chi connectivity index (χ4n) is 1.80. The molecule has 0 spiro atoms. The van der Waals surface area contributed by atoms with Crippen molar-refractivity contribution in [1.82, 2.24) is 0 Å². The van der Waals surface area contributed by atoms with E-state index in [1.165, 1.54) is 12.1 Å². The van der Waals surface area contributed by atoms with Crippen LogP contribution in [0.3, 0.4) is 0 Å². The third kappa shape index (κ3) is 3.63. The Morgan fingerprint density at radius 1 is 1.10 bits per heavy atom. The highest BCUT2D eigenvalue weighted by Gasteiger charge is 2.32. The standard InChI is InChI=1S/C15H10BrF3O/c1-2-10-7-11(9-12(16)8-10)13-5-3-4-6-14(13)20-15(17,18)19/h2-9H,1H2. The summed E-state index contributed by atoms with van der Waals surface area (Å²) in [7, 11) is 0. The molecule has 0 bridgehead atoms. The summed E-state index contributed by atoms with van der Waals surface area (Å²) in [6.07, 6.45) is -3.09. The third-order valence-corrected chi connectivity index (χ3v) is 3.04. The molecule has 0 heterocycles. The summed E-state index contributed by atoms with van der Waals surface area (Å²) < 4.78 is 42.1. The van der Waals surface area contributed by atoms with Gasteiger partial charge in [-0.2, -0.15) is 0 Å². The number of hydrogen-bond donors (Lipinski definition) is 0. The number of halogens is 4. The number of ether oxygens (including phenoxy) is 1. The molecule has 5 heteroatoms. The van der Waals surface area contributed by atoms with E-state index in [0.717, 1.165) is 10.0 Å². The average molecular weight is 343 g/mol. The van der Waals surface area contributed by atoms with Gasteiger partial charge in [0.1, 0.15) is 5.75 Å². The van der Waals surface area contributed by atoms with Crippen molar-refractivity contribution in [2.75, 3.05) is 0 Å². The zero-order chi connectivity index (χ0) is 14.8. The minimum Gasteiger partial charge on any atom is -0.405 e. The largest absolute Gasteiger partial charge is 0.573 e. The lowest BCUT2D eigenvalue weighted by Crippen LogP contribution is -2.17. The topological polar surface area (TPSA) is 9.23 Å². The molecule has 20 heavy (non-hydrogen) atoms. The highest BCUT2D eigenvalue weighted by molar-refractivity contribution is 9.10. The van der Waals surface area contributed by atoms with Gasteiger partial charge < -0.3 is 4.74 Å². The molecule has 0 saturated heterocycles. The number of alkyl halides is 3. The molecule has 0 fully saturated rings. The van der Waals surface area contributed by atoms with Crippen molar-refractivity contribution in [3.63, 3.8) is 0 Å². The first kappa shape index (κ1) is 14.7. The van der Waals surface area contributed by atoms with Gasteiger partial charge in [0.25, 0.3) is 0 Å². The second kappa shape index (κ2) is 5.71. The first-order chi connectivity index (χ1) is 9.39. The van der Waals surface area contributed by atoms with Crippen LogP contribution in [0.15, 0.2) is 53.5 Å². The van der Waals surface area contributed by atoms with E-state index in [1.54, 1.807) is 30.3 Å². The van der Waals surface area contributed by atoms with Crippen molar-refractivity contribution in [3.05, 3.63) is 59.1 Å². The van der Waals surface area contributed by atoms with E-state index < -0.39 is 6.36 Å². The van der Waals surface area contributed by atoms with E-state index in [0.29, 0.717) is 11.1 Å². The van der Waals surface area contributed by atoms with E-state index in [1.807, 2.05) is 6.07 Å². The fourth-order valence-corrected chi connectivity index (χ4v) is 2.32. The molecule has 0 aliphatic carbocycles.